The van der Waals surface area contributed by atoms with Gasteiger partial charge in [-0.15, -0.1) is 13.2 Å². The number of furan rings is 1. The largest absolute Gasteiger partial charge is 0.573 e. The van der Waals surface area contributed by atoms with E-state index in [0.717, 1.165) is 12.2 Å². The summed E-state index contributed by atoms with van der Waals surface area (Å²) in [6.07, 6.45) is -4.04. The zero-order chi connectivity index (χ0) is 20.6. The van der Waals surface area contributed by atoms with E-state index in [1.54, 1.807) is 11.0 Å². The van der Waals surface area contributed by atoms with Crippen molar-refractivity contribution in [3.8, 4) is 5.75 Å². The maximum atomic E-state index is 13.1. The van der Waals surface area contributed by atoms with Crippen molar-refractivity contribution in [2.24, 2.45) is 0 Å². The number of ether oxygens (including phenoxy) is 2. The number of carbonyl (C=O) groups is 1. The molecule has 29 heavy (non-hydrogen) atoms. The Kier molecular flexibility index (Phi) is 4.99. The average molecular weight is 408 g/mol. The van der Waals surface area contributed by atoms with Gasteiger partial charge in [-0.25, -0.2) is 0 Å². The zero-order valence-electron chi connectivity index (χ0n) is 15.6. The molecular weight excluding hydrogens is 389 g/mol. The predicted molar refractivity (Wildman–Crippen MR) is 97.7 cm³/mol. The first-order valence-corrected chi connectivity index (χ1v) is 9.20. The van der Waals surface area contributed by atoms with Crippen molar-refractivity contribution >= 4 is 16.8 Å². The molecule has 6 nitrogen and oxygen atoms in total. The molecule has 1 aliphatic rings. The smallest absolute Gasteiger partial charge is 0.464 e. The van der Waals surface area contributed by atoms with E-state index in [1.807, 2.05) is 19.1 Å². The molecule has 4 rings (SSSR count). The van der Waals surface area contributed by atoms with E-state index in [0.29, 0.717) is 36.4 Å². The van der Waals surface area contributed by atoms with E-state index in [1.165, 1.54) is 18.2 Å². The third-order valence-electron chi connectivity index (χ3n) is 4.81. The van der Waals surface area contributed by atoms with Crippen LogP contribution in [0.5, 0.6) is 5.75 Å². The second kappa shape index (κ2) is 7.47. The molecule has 0 aliphatic carbocycles. The van der Waals surface area contributed by atoms with Crippen molar-refractivity contribution < 1.29 is 31.9 Å². The molecule has 1 amide bonds. The summed E-state index contributed by atoms with van der Waals surface area (Å²) in [6, 6.07) is 8.86. The number of aromatic nitrogens is 1. The Morgan fingerprint density at radius 1 is 1.28 bits per heavy atom. The Balaban J connectivity index is 1.60. The zero-order valence-corrected chi connectivity index (χ0v) is 15.6. The summed E-state index contributed by atoms with van der Waals surface area (Å²) in [5, 5.41) is 0.610. The predicted octanol–water partition coefficient (Wildman–Crippen LogP) is 4.44. The summed E-state index contributed by atoms with van der Waals surface area (Å²) >= 11 is 0. The third kappa shape index (κ3) is 4.09. The number of nitrogens with one attached hydrogen (secondary N) is 1. The van der Waals surface area contributed by atoms with E-state index in [4.69, 9.17) is 9.15 Å². The first-order valence-electron chi connectivity index (χ1n) is 9.20. The highest BCUT2D eigenvalue weighted by atomic mass is 19.4. The fourth-order valence-electron chi connectivity index (χ4n) is 3.42. The van der Waals surface area contributed by atoms with Crippen molar-refractivity contribution in [3.05, 3.63) is 53.6 Å². The molecule has 1 aliphatic heterocycles. The van der Waals surface area contributed by atoms with Crippen LogP contribution in [0.1, 0.15) is 35.0 Å². The number of benzene rings is 1. The topological polar surface area (TPSA) is 67.7 Å². The molecule has 0 saturated carbocycles. The molecule has 1 saturated heterocycles. The number of nitrogens with zero attached hydrogens (tertiary/aromatic N) is 1. The number of H-pyrrole nitrogens is 1. The maximum Gasteiger partial charge on any atom is 0.573 e. The Morgan fingerprint density at radius 3 is 2.83 bits per heavy atom. The molecule has 1 aromatic carbocycles. The SMILES string of the molecule is CCc1ccc([C@@H]2COCCN2C(=O)c2cc3ccc(OC(F)(F)F)cc3[nH]2)o1. The summed E-state index contributed by atoms with van der Waals surface area (Å²) in [7, 11) is 0. The maximum absolute atomic E-state index is 13.1. The highest BCUT2D eigenvalue weighted by Gasteiger charge is 2.33. The first kappa shape index (κ1) is 19.4. The van der Waals surface area contributed by atoms with E-state index in [-0.39, 0.29) is 23.4 Å². The van der Waals surface area contributed by atoms with Gasteiger partial charge in [-0.3, -0.25) is 4.79 Å². The number of alkyl halides is 3. The lowest BCUT2D eigenvalue weighted by molar-refractivity contribution is -0.274. The summed E-state index contributed by atoms with van der Waals surface area (Å²) in [5.41, 5.74) is 0.657. The number of amides is 1. The molecule has 3 aromatic rings. The minimum absolute atomic E-state index is 0.276. The van der Waals surface area contributed by atoms with Crippen molar-refractivity contribution in [2.45, 2.75) is 25.7 Å². The fourth-order valence-corrected chi connectivity index (χ4v) is 3.42. The van der Waals surface area contributed by atoms with Gasteiger partial charge in [0.2, 0.25) is 0 Å². The molecule has 1 N–H and O–H groups in total. The number of aromatic amines is 1. The molecule has 154 valence electrons. The van der Waals surface area contributed by atoms with Gasteiger partial charge in [-0.2, -0.15) is 0 Å². The molecule has 9 heteroatoms. The van der Waals surface area contributed by atoms with Crippen LogP contribution in [0.4, 0.5) is 13.2 Å². The Labute approximate surface area is 164 Å². The molecule has 3 heterocycles. The van der Waals surface area contributed by atoms with Gasteiger partial charge in [0.15, 0.2) is 0 Å². The Morgan fingerprint density at radius 2 is 2.10 bits per heavy atom. The van der Waals surface area contributed by atoms with E-state index in [2.05, 4.69) is 9.72 Å². The number of hydrogen-bond donors (Lipinski definition) is 1. The summed E-state index contributed by atoms with van der Waals surface area (Å²) in [5.74, 6) is 0.840. The van der Waals surface area contributed by atoms with E-state index in [9.17, 15) is 18.0 Å². The first-order chi connectivity index (χ1) is 13.8. The van der Waals surface area contributed by atoms with Crippen LogP contribution in [0.2, 0.25) is 0 Å². The molecule has 0 radical (unpaired) electrons. The molecule has 0 spiro atoms. The molecule has 0 bridgehead atoms. The molecule has 1 atom stereocenters. The highest BCUT2D eigenvalue weighted by Crippen LogP contribution is 2.30. The number of morpholine rings is 1. The number of hydrogen-bond acceptors (Lipinski definition) is 4. The van der Waals surface area contributed by atoms with Crippen LogP contribution in [-0.2, 0) is 11.2 Å². The minimum Gasteiger partial charge on any atom is -0.464 e. The number of rotatable bonds is 4. The van der Waals surface area contributed by atoms with Crippen LogP contribution in [0.25, 0.3) is 10.9 Å². The minimum atomic E-state index is -4.78. The van der Waals surface area contributed by atoms with Crippen LogP contribution in [-0.4, -0.2) is 41.9 Å². The summed E-state index contributed by atoms with van der Waals surface area (Å²) in [6.45, 7) is 3.06. The number of carbonyl (C=O) groups excluding carboxylic acids is 1. The monoisotopic (exact) mass is 408 g/mol. The number of halogens is 3. The Hall–Kier alpha value is -2.94. The normalized spacial score (nSPS) is 17.7. The lowest BCUT2D eigenvalue weighted by Crippen LogP contribution is -2.43. The molecular formula is C20H19F3N2O4. The fraction of sp³-hybridized carbons (Fsp3) is 0.350. The Bertz CT molecular complexity index is 1020. The standard InChI is InChI=1S/C20H19F3N2O4/c1-2-13-5-6-18(28-13)17-11-27-8-7-25(17)19(26)16-9-12-3-4-14(10-15(12)24-16)29-20(21,22)23/h3-6,9-10,17,24H,2,7-8,11H2,1H3/t17-/m0/s1. The van der Waals surface area contributed by atoms with Crippen LogP contribution >= 0.6 is 0 Å². The second-order valence-corrected chi connectivity index (χ2v) is 6.73. The summed E-state index contributed by atoms with van der Waals surface area (Å²) < 4.78 is 52.6. The van der Waals surface area contributed by atoms with Crippen molar-refractivity contribution in [2.75, 3.05) is 19.8 Å². The second-order valence-electron chi connectivity index (χ2n) is 6.73. The van der Waals surface area contributed by atoms with Gasteiger partial charge in [-0.1, -0.05) is 6.92 Å². The third-order valence-corrected chi connectivity index (χ3v) is 4.81. The molecule has 0 unspecified atom stereocenters. The van der Waals surface area contributed by atoms with Crippen molar-refractivity contribution in [1.29, 1.82) is 0 Å². The number of fused-ring (bicyclic) bond motifs is 1. The molecule has 1 fully saturated rings. The van der Waals surface area contributed by atoms with Crippen LogP contribution in [0, 0.1) is 0 Å². The summed E-state index contributed by atoms with van der Waals surface area (Å²) in [4.78, 5) is 17.7. The quantitative estimate of drug-likeness (QED) is 0.693. The van der Waals surface area contributed by atoms with Crippen molar-refractivity contribution in [1.82, 2.24) is 9.88 Å². The average Bonchev–Trinajstić information content (AvgIpc) is 3.32. The van der Waals surface area contributed by atoms with Crippen LogP contribution in [0.3, 0.4) is 0 Å². The van der Waals surface area contributed by atoms with Gasteiger partial charge < -0.3 is 23.8 Å². The van der Waals surface area contributed by atoms with Gasteiger partial charge in [0.25, 0.3) is 5.91 Å². The lowest BCUT2D eigenvalue weighted by atomic mass is 10.1. The van der Waals surface area contributed by atoms with Crippen molar-refractivity contribution in [3.63, 3.8) is 0 Å². The van der Waals surface area contributed by atoms with Gasteiger partial charge >= 0.3 is 6.36 Å². The van der Waals surface area contributed by atoms with Gasteiger partial charge in [0.05, 0.1) is 13.2 Å². The van der Waals surface area contributed by atoms with Gasteiger partial charge in [-0.05, 0) is 30.3 Å². The van der Waals surface area contributed by atoms with E-state index >= 15 is 0 Å². The van der Waals surface area contributed by atoms with E-state index < -0.39 is 6.36 Å². The van der Waals surface area contributed by atoms with Gasteiger partial charge in [0, 0.05) is 29.9 Å². The number of aryl methyl sites for hydroxylation is 1. The van der Waals surface area contributed by atoms with Crippen LogP contribution < -0.4 is 4.74 Å². The van der Waals surface area contributed by atoms with Gasteiger partial charge in [0.1, 0.15) is 29.0 Å². The van der Waals surface area contributed by atoms with Crippen LogP contribution in [0.15, 0.2) is 40.8 Å². The lowest BCUT2D eigenvalue weighted by Gasteiger charge is -2.34. The molecule has 2 aromatic heterocycles. The highest BCUT2D eigenvalue weighted by molar-refractivity contribution is 5.98.